The number of thioether (sulfide) groups is 1. The number of carbonyl (C=O) groups excluding carboxylic acids is 2. The van der Waals surface area contributed by atoms with Crippen molar-refractivity contribution in [1.82, 2.24) is 0 Å². The summed E-state index contributed by atoms with van der Waals surface area (Å²) in [7, 11) is 0. The number of allylic oxidation sites excluding steroid dienone is 2. The van der Waals surface area contributed by atoms with E-state index >= 15 is 0 Å². The third kappa shape index (κ3) is 4.12. The average Bonchev–Trinajstić information content (AvgIpc) is 3.22. The van der Waals surface area contributed by atoms with Crippen LogP contribution in [0.2, 0.25) is 0 Å². The fourth-order valence-corrected chi connectivity index (χ4v) is 3.31. The first kappa shape index (κ1) is 17.3. The highest BCUT2D eigenvalue weighted by Gasteiger charge is 2.35. The van der Waals surface area contributed by atoms with E-state index in [1.54, 1.807) is 30.6 Å². The lowest BCUT2D eigenvalue weighted by Crippen LogP contribution is -2.27. The second-order valence-electron chi connectivity index (χ2n) is 5.68. The van der Waals surface area contributed by atoms with E-state index in [9.17, 15) is 9.59 Å². The van der Waals surface area contributed by atoms with Crippen molar-refractivity contribution in [2.24, 2.45) is 0 Å². The molecule has 1 aromatic heterocycles. The van der Waals surface area contributed by atoms with Gasteiger partial charge in [-0.1, -0.05) is 31.6 Å². The molecule has 2 aromatic rings. The number of nitrogens with zero attached hydrogens (tertiary/aromatic N) is 1. The van der Waals surface area contributed by atoms with Crippen LogP contribution in [-0.4, -0.2) is 11.1 Å². The highest BCUT2D eigenvalue weighted by molar-refractivity contribution is 8.18. The first-order valence-electron chi connectivity index (χ1n) is 8.26. The van der Waals surface area contributed by atoms with Crippen LogP contribution in [0.4, 0.5) is 10.5 Å². The van der Waals surface area contributed by atoms with Gasteiger partial charge in [-0.2, -0.15) is 0 Å². The minimum absolute atomic E-state index is 0.274. The number of imide groups is 1. The Morgan fingerprint density at radius 3 is 2.64 bits per heavy atom. The number of amides is 2. The molecule has 0 atom stereocenters. The summed E-state index contributed by atoms with van der Waals surface area (Å²) in [5.74, 6) is 0.401. The van der Waals surface area contributed by atoms with Crippen LogP contribution >= 0.6 is 11.8 Å². The zero-order valence-electron chi connectivity index (χ0n) is 14.0. The molecule has 25 heavy (non-hydrogen) atoms. The second-order valence-corrected chi connectivity index (χ2v) is 6.68. The molecule has 1 fully saturated rings. The summed E-state index contributed by atoms with van der Waals surface area (Å²) in [5.41, 5.74) is 1.83. The van der Waals surface area contributed by atoms with E-state index in [0.29, 0.717) is 16.4 Å². The number of hydrogen-bond donors (Lipinski definition) is 0. The zero-order chi connectivity index (χ0) is 17.6. The van der Waals surface area contributed by atoms with Crippen molar-refractivity contribution < 1.29 is 14.0 Å². The Bertz CT molecular complexity index is 804. The van der Waals surface area contributed by atoms with Crippen LogP contribution in [0.1, 0.15) is 31.1 Å². The molecule has 128 valence electrons. The van der Waals surface area contributed by atoms with Crippen molar-refractivity contribution >= 4 is 34.7 Å². The molecule has 0 N–H and O–H groups in total. The summed E-state index contributed by atoms with van der Waals surface area (Å²) in [6.45, 7) is 2.15. The summed E-state index contributed by atoms with van der Waals surface area (Å²) >= 11 is 0.949. The standard InChI is InChI=1S/C20H19NO3S/c1-2-3-6-15-10-12-16(13-11-15)21-19(22)18(25-20(21)23)9-4-7-17-8-5-14-24-17/h4-5,7-14H,2-3,6H2,1H3. The number of carbonyl (C=O) groups is 2. The van der Waals surface area contributed by atoms with Gasteiger partial charge in [0.2, 0.25) is 0 Å². The lowest BCUT2D eigenvalue weighted by molar-refractivity contribution is -0.113. The first-order valence-corrected chi connectivity index (χ1v) is 9.08. The number of hydrogen-bond acceptors (Lipinski definition) is 4. The summed E-state index contributed by atoms with van der Waals surface area (Å²) < 4.78 is 5.19. The minimum atomic E-state index is -0.291. The summed E-state index contributed by atoms with van der Waals surface area (Å²) in [5, 5.41) is -0.274. The molecule has 1 aromatic carbocycles. The van der Waals surface area contributed by atoms with Gasteiger partial charge in [-0.3, -0.25) is 9.59 Å². The van der Waals surface area contributed by atoms with Crippen molar-refractivity contribution in [3.8, 4) is 0 Å². The highest BCUT2D eigenvalue weighted by Crippen LogP contribution is 2.34. The molecule has 1 saturated heterocycles. The van der Waals surface area contributed by atoms with E-state index in [2.05, 4.69) is 6.92 Å². The summed E-state index contributed by atoms with van der Waals surface area (Å²) in [6, 6.07) is 11.2. The van der Waals surface area contributed by atoms with Crippen molar-refractivity contribution in [3.63, 3.8) is 0 Å². The molecule has 0 unspecified atom stereocenters. The monoisotopic (exact) mass is 353 g/mol. The van der Waals surface area contributed by atoms with Crippen LogP contribution in [-0.2, 0) is 11.2 Å². The van der Waals surface area contributed by atoms with Gasteiger partial charge in [0.1, 0.15) is 5.76 Å². The first-order chi connectivity index (χ1) is 12.2. The maximum atomic E-state index is 12.5. The van der Waals surface area contributed by atoms with E-state index in [1.807, 2.05) is 30.3 Å². The molecule has 2 amide bonds. The molecular weight excluding hydrogens is 334 g/mol. The maximum Gasteiger partial charge on any atom is 0.298 e. The van der Waals surface area contributed by atoms with E-state index in [1.165, 1.54) is 10.5 Å². The van der Waals surface area contributed by atoms with Gasteiger partial charge in [-0.05, 0) is 66.6 Å². The Kier molecular flexibility index (Phi) is 5.56. The van der Waals surface area contributed by atoms with Crippen molar-refractivity contribution in [3.05, 3.63) is 71.0 Å². The minimum Gasteiger partial charge on any atom is -0.465 e. The van der Waals surface area contributed by atoms with E-state index in [-0.39, 0.29) is 11.1 Å². The zero-order valence-corrected chi connectivity index (χ0v) is 14.8. The van der Waals surface area contributed by atoms with Crippen LogP contribution in [0, 0.1) is 0 Å². The normalized spacial score (nSPS) is 16.5. The molecule has 0 radical (unpaired) electrons. The van der Waals surface area contributed by atoms with Gasteiger partial charge in [0.15, 0.2) is 0 Å². The predicted molar refractivity (Wildman–Crippen MR) is 101 cm³/mol. The molecular formula is C20H19NO3S. The van der Waals surface area contributed by atoms with Gasteiger partial charge in [0.25, 0.3) is 11.1 Å². The average molecular weight is 353 g/mol. The quantitative estimate of drug-likeness (QED) is 0.651. The fourth-order valence-electron chi connectivity index (χ4n) is 2.51. The van der Waals surface area contributed by atoms with Gasteiger partial charge < -0.3 is 4.42 Å². The van der Waals surface area contributed by atoms with Crippen LogP contribution in [0.25, 0.3) is 6.08 Å². The Balaban J connectivity index is 1.72. The lowest BCUT2D eigenvalue weighted by atomic mass is 10.1. The van der Waals surface area contributed by atoms with Crippen LogP contribution < -0.4 is 4.90 Å². The molecule has 1 aliphatic rings. The van der Waals surface area contributed by atoms with E-state index < -0.39 is 0 Å². The third-order valence-corrected chi connectivity index (χ3v) is 4.75. The van der Waals surface area contributed by atoms with Crippen LogP contribution in [0.5, 0.6) is 0 Å². The molecule has 0 spiro atoms. The largest absolute Gasteiger partial charge is 0.465 e. The molecule has 5 heteroatoms. The Hall–Kier alpha value is -2.53. The van der Waals surface area contributed by atoms with E-state index in [4.69, 9.17) is 4.42 Å². The maximum absolute atomic E-state index is 12.5. The van der Waals surface area contributed by atoms with Crippen molar-refractivity contribution in [2.45, 2.75) is 26.2 Å². The number of furan rings is 1. The second kappa shape index (κ2) is 8.03. The molecule has 4 nitrogen and oxygen atoms in total. The van der Waals surface area contributed by atoms with Gasteiger partial charge in [0.05, 0.1) is 16.9 Å². The van der Waals surface area contributed by atoms with Crippen molar-refractivity contribution in [1.29, 1.82) is 0 Å². The summed E-state index contributed by atoms with van der Waals surface area (Å²) in [4.78, 5) is 26.4. The van der Waals surface area contributed by atoms with Gasteiger partial charge in [0, 0.05) is 0 Å². The number of rotatable bonds is 6. The predicted octanol–water partition coefficient (Wildman–Crippen LogP) is 5.42. The number of aryl methyl sites for hydroxylation is 1. The molecule has 2 heterocycles. The third-order valence-electron chi connectivity index (χ3n) is 3.86. The smallest absolute Gasteiger partial charge is 0.298 e. The number of anilines is 1. The van der Waals surface area contributed by atoms with Crippen LogP contribution in [0.15, 0.2) is 64.1 Å². The molecule has 3 rings (SSSR count). The molecule has 0 saturated carbocycles. The van der Waals surface area contributed by atoms with Crippen LogP contribution in [0.3, 0.4) is 0 Å². The van der Waals surface area contributed by atoms with Gasteiger partial charge >= 0.3 is 0 Å². The Labute approximate surface area is 151 Å². The number of unbranched alkanes of at least 4 members (excludes halogenated alkanes) is 1. The molecule has 0 bridgehead atoms. The molecule has 1 aliphatic heterocycles. The fraction of sp³-hybridized carbons (Fsp3) is 0.200. The van der Waals surface area contributed by atoms with Gasteiger partial charge in [-0.25, -0.2) is 4.90 Å². The Morgan fingerprint density at radius 2 is 1.96 bits per heavy atom. The topological polar surface area (TPSA) is 50.5 Å². The lowest BCUT2D eigenvalue weighted by Gasteiger charge is -2.13. The van der Waals surface area contributed by atoms with Gasteiger partial charge in [-0.15, -0.1) is 0 Å². The summed E-state index contributed by atoms with van der Waals surface area (Å²) in [6.07, 6.45) is 9.96. The number of benzene rings is 1. The SMILES string of the molecule is CCCCc1ccc(N2C(=O)SC(=CC=Cc3ccco3)C2=O)cc1. The highest BCUT2D eigenvalue weighted by atomic mass is 32.2. The van der Waals surface area contributed by atoms with Crippen molar-refractivity contribution in [2.75, 3.05) is 4.90 Å². The Morgan fingerprint density at radius 1 is 1.16 bits per heavy atom. The molecule has 0 aliphatic carbocycles. The van der Waals surface area contributed by atoms with E-state index in [0.717, 1.165) is 31.0 Å².